The fraction of sp³-hybridized carbons (Fsp3) is 0.650. The highest BCUT2D eigenvalue weighted by Crippen LogP contribution is 2.35. The van der Waals surface area contributed by atoms with E-state index in [1.165, 1.54) is 12.1 Å². The molecule has 1 unspecified atom stereocenters. The van der Waals surface area contributed by atoms with Crippen LogP contribution in [0.5, 0.6) is 0 Å². The van der Waals surface area contributed by atoms with Gasteiger partial charge in [-0.1, -0.05) is 25.1 Å². The molecule has 1 aromatic rings. The zero-order valence-electron chi connectivity index (χ0n) is 15.6. The molecule has 27 heavy (non-hydrogen) atoms. The second kappa shape index (κ2) is 9.28. The third-order valence-corrected chi connectivity index (χ3v) is 5.66. The van der Waals surface area contributed by atoms with Crippen LogP contribution in [-0.4, -0.2) is 29.9 Å². The molecule has 1 heterocycles. The molecule has 3 nitrogen and oxygen atoms in total. The van der Waals surface area contributed by atoms with Crippen LogP contribution in [0.4, 0.5) is 13.2 Å². The minimum atomic E-state index is -4.39. The number of hydrogen-bond acceptors (Lipinski definition) is 2. The first-order valence-electron chi connectivity index (χ1n) is 9.51. The molecular formula is C20H28ClF3N2O. The molecule has 1 N–H and O–H groups in total. The number of amides is 1. The maximum atomic E-state index is 13.3. The zero-order valence-corrected chi connectivity index (χ0v) is 16.4. The first-order valence-corrected chi connectivity index (χ1v) is 9.51. The molecule has 1 aliphatic heterocycles. The number of carbonyl (C=O) groups is 1. The van der Waals surface area contributed by atoms with Crippen molar-refractivity contribution in [3.63, 3.8) is 0 Å². The van der Waals surface area contributed by atoms with Gasteiger partial charge >= 0.3 is 6.18 Å². The predicted octanol–water partition coefficient (Wildman–Crippen LogP) is 4.64. The Labute approximate surface area is 165 Å². The van der Waals surface area contributed by atoms with E-state index in [4.69, 9.17) is 0 Å². The first kappa shape index (κ1) is 22.0. The molecule has 1 saturated carbocycles. The molecule has 0 radical (unpaired) electrons. The van der Waals surface area contributed by atoms with Crippen molar-refractivity contribution >= 4 is 18.3 Å². The van der Waals surface area contributed by atoms with Gasteiger partial charge in [-0.25, -0.2) is 0 Å². The van der Waals surface area contributed by atoms with Crippen LogP contribution in [0, 0.1) is 11.8 Å². The summed E-state index contributed by atoms with van der Waals surface area (Å²) < 4.78 is 39.8. The SMILES string of the molecule is CC(CC(=O)N(Cc1ccccc1C(F)(F)F)C1CC1)C1CCNCC1.Cl. The number of hydrogen-bond donors (Lipinski definition) is 1. The highest BCUT2D eigenvalue weighted by Gasteiger charge is 2.37. The van der Waals surface area contributed by atoms with Crippen molar-refractivity contribution in [3.8, 4) is 0 Å². The highest BCUT2D eigenvalue weighted by molar-refractivity contribution is 5.85. The number of nitrogens with one attached hydrogen (secondary N) is 1. The minimum absolute atomic E-state index is 0. The van der Waals surface area contributed by atoms with Crippen molar-refractivity contribution in [2.24, 2.45) is 11.8 Å². The molecule has 0 aromatic heterocycles. The Bertz CT molecular complexity index is 628. The number of benzene rings is 1. The van der Waals surface area contributed by atoms with E-state index in [0.717, 1.165) is 44.8 Å². The van der Waals surface area contributed by atoms with Crippen molar-refractivity contribution in [1.82, 2.24) is 10.2 Å². The van der Waals surface area contributed by atoms with Crippen LogP contribution in [0.15, 0.2) is 24.3 Å². The number of rotatable bonds is 6. The van der Waals surface area contributed by atoms with Crippen LogP contribution in [0.2, 0.25) is 0 Å². The summed E-state index contributed by atoms with van der Waals surface area (Å²) in [6.07, 6.45) is -0.0561. The zero-order chi connectivity index (χ0) is 18.7. The Kier molecular flexibility index (Phi) is 7.57. The van der Waals surface area contributed by atoms with Gasteiger partial charge in [-0.3, -0.25) is 4.79 Å². The molecule has 1 amide bonds. The van der Waals surface area contributed by atoms with Gasteiger partial charge in [0.25, 0.3) is 0 Å². The maximum Gasteiger partial charge on any atom is 0.416 e. The lowest BCUT2D eigenvalue weighted by atomic mass is 9.84. The van der Waals surface area contributed by atoms with Gasteiger partial charge in [0.15, 0.2) is 0 Å². The number of carbonyl (C=O) groups excluding carboxylic acids is 1. The van der Waals surface area contributed by atoms with E-state index in [-0.39, 0.29) is 42.4 Å². The third kappa shape index (κ3) is 5.85. The van der Waals surface area contributed by atoms with Crippen LogP contribution >= 0.6 is 12.4 Å². The summed E-state index contributed by atoms with van der Waals surface area (Å²) in [5.41, 5.74) is -0.445. The smallest absolute Gasteiger partial charge is 0.335 e. The van der Waals surface area contributed by atoms with E-state index in [0.29, 0.717) is 12.3 Å². The maximum absolute atomic E-state index is 13.3. The van der Waals surface area contributed by atoms with Crippen molar-refractivity contribution in [2.45, 2.75) is 57.8 Å². The molecule has 0 spiro atoms. The van der Waals surface area contributed by atoms with E-state index < -0.39 is 11.7 Å². The summed E-state index contributed by atoms with van der Waals surface area (Å²) in [5.74, 6) is 0.780. The molecule has 7 heteroatoms. The monoisotopic (exact) mass is 404 g/mol. The number of nitrogens with zero attached hydrogens (tertiary/aromatic N) is 1. The number of piperidine rings is 1. The normalized spacial score (nSPS) is 19.3. The molecule has 2 fully saturated rings. The van der Waals surface area contributed by atoms with E-state index in [1.807, 2.05) is 0 Å². The van der Waals surface area contributed by atoms with Crippen LogP contribution < -0.4 is 5.32 Å². The van der Waals surface area contributed by atoms with Gasteiger partial charge in [0.1, 0.15) is 0 Å². The van der Waals surface area contributed by atoms with E-state index in [1.54, 1.807) is 11.0 Å². The lowest BCUT2D eigenvalue weighted by Crippen LogP contribution is -2.37. The Morgan fingerprint density at radius 2 is 1.81 bits per heavy atom. The molecular weight excluding hydrogens is 377 g/mol. The van der Waals surface area contributed by atoms with Crippen LogP contribution in [0.25, 0.3) is 0 Å². The first-order chi connectivity index (χ1) is 12.4. The molecule has 3 rings (SSSR count). The summed E-state index contributed by atoms with van der Waals surface area (Å²) in [7, 11) is 0. The van der Waals surface area contributed by atoms with E-state index in [9.17, 15) is 18.0 Å². The van der Waals surface area contributed by atoms with Gasteiger partial charge in [-0.05, 0) is 62.2 Å². The summed E-state index contributed by atoms with van der Waals surface area (Å²) in [6.45, 7) is 4.11. The van der Waals surface area contributed by atoms with Gasteiger partial charge in [0.2, 0.25) is 5.91 Å². The summed E-state index contributed by atoms with van der Waals surface area (Å²) >= 11 is 0. The van der Waals surface area contributed by atoms with Gasteiger partial charge in [0.05, 0.1) is 5.56 Å². The van der Waals surface area contributed by atoms with Gasteiger partial charge in [-0.15, -0.1) is 12.4 Å². The molecule has 1 aliphatic carbocycles. The molecule has 0 bridgehead atoms. The van der Waals surface area contributed by atoms with Crippen LogP contribution in [0.3, 0.4) is 0 Å². The second-order valence-electron chi connectivity index (χ2n) is 7.68. The molecule has 2 aliphatic rings. The quantitative estimate of drug-likeness (QED) is 0.748. The average molecular weight is 405 g/mol. The van der Waals surface area contributed by atoms with Crippen molar-refractivity contribution < 1.29 is 18.0 Å². The molecule has 1 saturated heterocycles. The lowest BCUT2D eigenvalue weighted by molar-refractivity contribution is -0.140. The molecule has 152 valence electrons. The molecule has 1 aromatic carbocycles. The van der Waals surface area contributed by atoms with E-state index >= 15 is 0 Å². The van der Waals surface area contributed by atoms with Gasteiger partial charge in [0, 0.05) is 19.0 Å². The number of alkyl halides is 3. The summed E-state index contributed by atoms with van der Waals surface area (Å²) in [5, 5.41) is 3.33. The lowest BCUT2D eigenvalue weighted by Gasteiger charge is -2.30. The largest absolute Gasteiger partial charge is 0.416 e. The average Bonchev–Trinajstić information content (AvgIpc) is 3.44. The number of halogens is 4. The Hall–Kier alpha value is -1.27. The van der Waals surface area contributed by atoms with Crippen LogP contribution in [0.1, 0.15) is 50.2 Å². The summed E-state index contributed by atoms with van der Waals surface area (Å²) in [4.78, 5) is 14.6. The third-order valence-electron chi connectivity index (χ3n) is 5.66. The van der Waals surface area contributed by atoms with Crippen molar-refractivity contribution in [1.29, 1.82) is 0 Å². The van der Waals surface area contributed by atoms with Gasteiger partial charge in [-0.2, -0.15) is 13.2 Å². The van der Waals surface area contributed by atoms with Crippen molar-refractivity contribution in [3.05, 3.63) is 35.4 Å². The molecule has 1 atom stereocenters. The second-order valence-corrected chi connectivity index (χ2v) is 7.68. The van der Waals surface area contributed by atoms with Crippen molar-refractivity contribution in [2.75, 3.05) is 13.1 Å². The van der Waals surface area contributed by atoms with Gasteiger partial charge < -0.3 is 10.2 Å². The summed E-state index contributed by atoms with van der Waals surface area (Å²) in [6, 6.07) is 5.70. The predicted molar refractivity (Wildman–Crippen MR) is 102 cm³/mol. The minimum Gasteiger partial charge on any atom is -0.335 e. The fourth-order valence-corrected chi connectivity index (χ4v) is 3.90. The van der Waals surface area contributed by atoms with Crippen LogP contribution in [-0.2, 0) is 17.5 Å². The standard InChI is InChI=1S/C20H27F3N2O.ClH/c1-14(15-8-10-24-11-9-15)12-19(26)25(17-6-7-17)13-16-4-2-3-5-18(16)20(21,22)23;/h2-5,14-15,17,24H,6-13H2,1H3;1H. The Morgan fingerprint density at radius 1 is 1.19 bits per heavy atom. The highest BCUT2D eigenvalue weighted by atomic mass is 35.5. The Balaban J connectivity index is 0.00000261. The fourth-order valence-electron chi connectivity index (χ4n) is 3.90. The Morgan fingerprint density at radius 3 is 2.41 bits per heavy atom. The van der Waals surface area contributed by atoms with E-state index in [2.05, 4.69) is 12.2 Å². The topological polar surface area (TPSA) is 32.3 Å².